The van der Waals surface area contributed by atoms with Crippen molar-refractivity contribution in [3.05, 3.63) is 35.5 Å². The molecule has 4 rings (SSSR count). The number of para-hydroxylation sites is 1. The molecule has 2 nitrogen and oxygen atoms in total. The number of benzene rings is 1. The summed E-state index contributed by atoms with van der Waals surface area (Å²) in [6, 6.07) is 10.2. The Hall–Kier alpha value is -1.28. The zero-order chi connectivity index (χ0) is 13.9. The minimum Gasteiger partial charge on any atom is -0.353 e. The Morgan fingerprint density at radius 1 is 1.25 bits per heavy atom. The fraction of sp³-hybridized carbons (Fsp3) is 0.556. The number of aromatic amines is 1. The summed E-state index contributed by atoms with van der Waals surface area (Å²) in [5.74, 6) is 0.741. The largest absolute Gasteiger partial charge is 0.353 e. The molecule has 2 aliphatic rings. The highest BCUT2D eigenvalue weighted by atomic mass is 15.0. The highest BCUT2D eigenvalue weighted by molar-refractivity contribution is 5.85. The SMILES string of the molecule is C[C@H]1[NH2+][C@@H]2CC(C)(C)CC[C@@H]2c2c1[nH]c1ccccc21. The minimum atomic E-state index is 0.515. The maximum absolute atomic E-state index is 3.69. The van der Waals surface area contributed by atoms with Gasteiger partial charge in [0.05, 0.1) is 11.7 Å². The molecule has 1 aromatic carbocycles. The molecule has 2 heteroatoms. The van der Waals surface area contributed by atoms with Crippen molar-refractivity contribution >= 4 is 10.9 Å². The van der Waals surface area contributed by atoms with Crippen LogP contribution in [0.3, 0.4) is 0 Å². The molecule has 106 valence electrons. The standard InChI is InChI=1S/C18H24N2/c1-11-17-16(12-6-4-5-7-14(12)20-17)13-8-9-18(2,3)10-15(13)19-11/h4-7,11,13,15,19-20H,8-10H2,1-3H3/p+1/t11-,13+,15-/m1/s1. The molecule has 1 saturated carbocycles. The van der Waals surface area contributed by atoms with Gasteiger partial charge in [-0.1, -0.05) is 32.0 Å². The Kier molecular flexibility index (Phi) is 2.56. The van der Waals surface area contributed by atoms with Gasteiger partial charge in [-0.15, -0.1) is 0 Å². The number of aromatic nitrogens is 1. The molecular formula is C18H25N2+. The van der Waals surface area contributed by atoms with Crippen molar-refractivity contribution in [2.24, 2.45) is 5.41 Å². The van der Waals surface area contributed by atoms with Gasteiger partial charge in [-0.05, 0) is 36.8 Å². The Morgan fingerprint density at radius 2 is 2.05 bits per heavy atom. The lowest BCUT2D eigenvalue weighted by Crippen LogP contribution is -2.93. The van der Waals surface area contributed by atoms with Crippen molar-refractivity contribution in [1.82, 2.24) is 4.98 Å². The smallest absolute Gasteiger partial charge is 0.124 e. The van der Waals surface area contributed by atoms with E-state index in [1.807, 2.05) is 0 Å². The molecule has 1 aromatic heterocycles. The molecule has 0 radical (unpaired) electrons. The molecule has 0 spiro atoms. The molecule has 20 heavy (non-hydrogen) atoms. The third-order valence-electron chi connectivity index (χ3n) is 5.58. The second-order valence-electron chi connectivity index (χ2n) is 7.66. The van der Waals surface area contributed by atoms with Crippen molar-refractivity contribution in [2.75, 3.05) is 0 Å². The first-order valence-corrected chi connectivity index (χ1v) is 8.01. The molecule has 0 unspecified atom stereocenters. The summed E-state index contributed by atoms with van der Waals surface area (Å²) in [5, 5.41) is 4.08. The van der Waals surface area contributed by atoms with E-state index in [0.29, 0.717) is 11.5 Å². The van der Waals surface area contributed by atoms with Gasteiger partial charge < -0.3 is 10.3 Å². The number of hydrogen-bond acceptors (Lipinski definition) is 0. The Balaban J connectivity index is 1.86. The van der Waals surface area contributed by atoms with E-state index in [0.717, 1.165) is 12.0 Å². The topological polar surface area (TPSA) is 32.4 Å². The van der Waals surface area contributed by atoms with Gasteiger partial charge in [0.25, 0.3) is 0 Å². The van der Waals surface area contributed by atoms with E-state index < -0.39 is 0 Å². The minimum absolute atomic E-state index is 0.515. The Morgan fingerprint density at radius 3 is 2.90 bits per heavy atom. The molecule has 0 saturated heterocycles. The first-order chi connectivity index (χ1) is 9.55. The molecule has 3 N–H and O–H groups in total. The van der Waals surface area contributed by atoms with Crippen molar-refractivity contribution < 1.29 is 5.32 Å². The molecule has 1 fully saturated rings. The van der Waals surface area contributed by atoms with Crippen LogP contribution in [0.4, 0.5) is 0 Å². The highest BCUT2D eigenvalue weighted by Crippen LogP contribution is 2.46. The molecule has 1 aliphatic heterocycles. The average molecular weight is 269 g/mol. The van der Waals surface area contributed by atoms with E-state index in [1.165, 1.54) is 35.9 Å². The lowest BCUT2D eigenvalue weighted by atomic mass is 9.66. The van der Waals surface area contributed by atoms with E-state index >= 15 is 0 Å². The quantitative estimate of drug-likeness (QED) is 0.734. The predicted octanol–water partition coefficient (Wildman–Crippen LogP) is 3.47. The summed E-state index contributed by atoms with van der Waals surface area (Å²) < 4.78 is 0. The molecule has 2 heterocycles. The van der Waals surface area contributed by atoms with Crippen molar-refractivity contribution in [2.45, 2.75) is 58.0 Å². The fourth-order valence-corrected chi connectivity index (χ4v) is 4.61. The van der Waals surface area contributed by atoms with Crippen LogP contribution in [0, 0.1) is 5.41 Å². The number of rotatable bonds is 0. The number of fused-ring (bicyclic) bond motifs is 5. The lowest BCUT2D eigenvalue weighted by Gasteiger charge is -2.43. The summed E-state index contributed by atoms with van der Waals surface area (Å²) in [4.78, 5) is 3.69. The lowest BCUT2D eigenvalue weighted by molar-refractivity contribution is -0.735. The van der Waals surface area contributed by atoms with Gasteiger partial charge in [0, 0.05) is 23.2 Å². The zero-order valence-corrected chi connectivity index (χ0v) is 12.7. The zero-order valence-electron chi connectivity index (χ0n) is 12.7. The highest BCUT2D eigenvalue weighted by Gasteiger charge is 2.44. The Labute approximate surface area is 121 Å². The summed E-state index contributed by atoms with van der Waals surface area (Å²) >= 11 is 0. The van der Waals surface area contributed by atoms with E-state index in [4.69, 9.17) is 0 Å². The van der Waals surface area contributed by atoms with Crippen LogP contribution in [-0.2, 0) is 0 Å². The summed E-state index contributed by atoms with van der Waals surface area (Å²) in [5.41, 5.74) is 4.95. The maximum atomic E-state index is 3.69. The first-order valence-electron chi connectivity index (χ1n) is 8.01. The van der Waals surface area contributed by atoms with Crippen LogP contribution in [0.25, 0.3) is 10.9 Å². The number of hydrogen-bond donors (Lipinski definition) is 2. The summed E-state index contributed by atoms with van der Waals surface area (Å²) in [6.07, 6.45) is 4.05. The van der Waals surface area contributed by atoms with Gasteiger partial charge in [0.2, 0.25) is 0 Å². The molecule has 3 atom stereocenters. The van der Waals surface area contributed by atoms with Gasteiger partial charge in [0.1, 0.15) is 6.04 Å². The normalized spacial score (nSPS) is 31.9. The number of quaternary nitrogens is 1. The number of nitrogens with one attached hydrogen (secondary N) is 1. The van der Waals surface area contributed by atoms with Crippen molar-refractivity contribution in [3.63, 3.8) is 0 Å². The van der Waals surface area contributed by atoms with Crippen LogP contribution in [0.5, 0.6) is 0 Å². The van der Waals surface area contributed by atoms with Crippen LogP contribution >= 0.6 is 0 Å². The molecular weight excluding hydrogens is 244 g/mol. The Bertz CT molecular complexity index is 652. The molecule has 2 aromatic rings. The second kappa shape index (κ2) is 4.11. The molecule has 0 amide bonds. The average Bonchev–Trinajstić information content (AvgIpc) is 2.78. The second-order valence-corrected chi connectivity index (χ2v) is 7.66. The summed E-state index contributed by atoms with van der Waals surface area (Å²) in [7, 11) is 0. The molecule has 0 bridgehead atoms. The third-order valence-corrected chi connectivity index (χ3v) is 5.58. The maximum Gasteiger partial charge on any atom is 0.124 e. The van der Waals surface area contributed by atoms with E-state index in [-0.39, 0.29) is 0 Å². The van der Waals surface area contributed by atoms with Crippen LogP contribution in [0.2, 0.25) is 0 Å². The van der Waals surface area contributed by atoms with Gasteiger partial charge in [0.15, 0.2) is 0 Å². The van der Waals surface area contributed by atoms with Crippen LogP contribution < -0.4 is 5.32 Å². The van der Waals surface area contributed by atoms with E-state index in [1.54, 1.807) is 5.56 Å². The summed E-state index contributed by atoms with van der Waals surface area (Å²) in [6.45, 7) is 7.23. The number of H-pyrrole nitrogens is 1. The van der Waals surface area contributed by atoms with Crippen LogP contribution in [0.1, 0.15) is 63.3 Å². The number of nitrogens with two attached hydrogens (primary N) is 1. The monoisotopic (exact) mass is 269 g/mol. The first kappa shape index (κ1) is 12.5. The van der Waals surface area contributed by atoms with Gasteiger partial charge in [-0.25, -0.2) is 0 Å². The molecule has 1 aliphatic carbocycles. The fourth-order valence-electron chi connectivity index (χ4n) is 4.61. The van der Waals surface area contributed by atoms with Gasteiger partial charge >= 0.3 is 0 Å². The van der Waals surface area contributed by atoms with E-state index in [9.17, 15) is 0 Å². The van der Waals surface area contributed by atoms with Gasteiger partial charge in [-0.3, -0.25) is 0 Å². The third kappa shape index (κ3) is 1.74. The predicted molar refractivity (Wildman–Crippen MR) is 82.8 cm³/mol. The van der Waals surface area contributed by atoms with Gasteiger partial charge in [-0.2, -0.15) is 0 Å². The van der Waals surface area contributed by atoms with Crippen molar-refractivity contribution in [3.8, 4) is 0 Å². The van der Waals surface area contributed by atoms with Crippen molar-refractivity contribution in [1.29, 1.82) is 0 Å². The van der Waals surface area contributed by atoms with Crippen LogP contribution in [-0.4, -0.2) is 11.0 Å². The van der Waals surface area contributed by atoms with Crippen LogP contribution in [0.15, 0.2) is 24.3 Å². The van der Waals surface area contributed by atoms with E-state index in [2.05, 4.69) is 55.3 Å².